The molecule has 2 fully saturated rings. The lowest BCUT2D eigenvalue weighted by Crippen LogP contribution is -2.39. The molecule has 2 aromatic rings. The van der Waals surface area contributed by atoms with Gasteiger partial charge in [0.2, 0.25) is 15.9 Å². The van der Waals surface area contributed by atoms with Crippen molar-refractivity contribution in [1.29, 1.82) is 0 Å². The molecule has 1 amide bonds. The van der Waals surface area contributed by atoms with Crippen molar-refractivity contribution in [2.75, 3.05) is 11.4 Å². The first-order chi connectivity index (χ1) is 13.5. The summed E-state index contributed by atoms with van der Waals surface area (Å²) in [5.74, 6) is 0.531. The Morgan fingerprint density at radius 3 is 2.32 bits per heavy atom. The zero-order chi connectivity index (χ0) is 19.7. The van der Waals surface area contributed by atoms with Crippen molar-refractivity contribution in [3.05, 3.63) is 60.2 Å². The third-order valence-corrected chi connectivity index (χ3v) is 7.72. The number of amides is 1. The van der Waals surface area contributed by atoms with Crippen LogP contribution >= 0.6 is 0 Å². The molecule has 5 nitrogen and oxygen atoms in total. The molecule has 0 radical (unpaired) electrons. The molecule has 1 aliphatic heterocycles. The van der Waals surface area contributed by atoms with Gasteiger partial charge in [-0.1, -0.05) is 30.3 Å². The van der Waals surface area contributed by atoms with Gasteiger partial charge in [0.05, 0.1) is 4.90 Å². The first-order valence-corrected chi connectivity index (χ1v) is 11.4. The summed E-state index contributed by atoms with van der Waals surface area (Å²) in [5.41, 5.74) is 1.75. The minimum atomic E-state index is -3.63. The average molecular weight is 399 g/mol. The van der Waals surface area contributed by atoms with Crippen molar-refractivity contribution in [3.63, 3.8) is 0 Å². The Morgan fingerprint density at radius 1 is 1.07 bits per heavy atom. The Labute approximate surface area is 167 Å². The van der Waals surface area contributed by atoms with Crippen molar-refractivity contribution in [2.45, 2.75) is 50.1 Å². The van der Waals surface area contributed by atoms with Crippen LogP contribution in [0.4, 0.5) is 5.69 Å². The van der Waals surface area contributed by atoms with Gasteiger partial charge < -0.3 is 4.90 Å². The Kier molecular flexibility index (Phi) is 5.25. The van der Waals surface area contributed by atoms with Gasteiger partial charge in [-0.15, -0.1) is 0 Å². The third-order valence-electron chi connectivity index (χ3n) is 5.77. The number of anilines is 1. The van der Waals surface area contributed by atoms with Crippen molar-refractivity contribution in [2.24, 2.45) is 5.92 Å². The average Bonchev–Trinajstić information content (AvgIpc) is 3.47. The number of sulfonamides is 1. The van der Waals surface area contributed by atoms with Crippen LogP contribution in [0.15, 0.2) is 59.5 Å². The maximum Gasteiger partial charge on any atom is 0.243 e. The molecule has 1 heterocycles. The minimum absolute atomic E-state index is 0.0370. The van der Waals surface area contributed by atoms with Gasteiger partial charge in [0.1, 0.15) is 0 Å². The highest BCUT2D eigenvalue weighted by Gasteiger charge is 2.38. The molecule has 0 bridgehead atoms. The monoisotopic (exact) mass is 398 g/mol. The van der Waals surface area contributed by atoms with Crippen LogP contribution in [0.25, 0.3) is 0 Å². The summed E-state index contributed by atoms with van der Waals surface area (Å²) in [6, 6.07) is 16.5. The molecule has 1 aliphatic carbocycles. The van der Waals surface area contributed by atoms with Gasteiger partial charge in [-0.2, -0.15) is 4.31 Å². The summed E-state index contributed by atoms with van der Waals surface area (Å²) in [6.07, 6.45) is 3.57. The lowest BCUT2D eigenvalue weighted by atomic mass is 10.2. The molecule has 0 spiro atoms. The standard InChI is InChI=1S/C22H26N2O3S/c1-17(19-9-10-19)24(16-18-6-3-2-4-7-18)28(26,27)21-13-11-20(12-14-21)23-15-5-8-22(23)25/h2-4,6-7,11-14,17,19H,5,8-10,15-16H2,1H3/t17-/m1/s1. The quantitative estimate of drug-likeness (QED) is 0.713. The molecule has 148 valence electrons. The smallest absolute Gasteiger partial charge is 0.243 e. The third kappa shape index (κ3) is 3.84. The zero-order valence-electron chi connectivity index (χ0n) is 16.1. The van der Waals surface area contributed by atoms with Gasteiger partial charge in [0.15, 0.2) is 0 Å². The number of carbonyl (C=O) groups excluding carboxylic acids is 1. The molecular weight excluding hydrogens is 372 g/mol. The van der Waals surface area contributed by atoms with Gasteiger partial charge in [-0.3, -0.25) is 4.79 Å². The normalized spacial score (nSPS) is 18.6. The van der Waals surface area contributed by atoms with E-state index in [1.807, 2.05) is 37.3 Å². The molecule has 2 aliphatic rings. The number of nitrogens with zero attached hydrogens (tertiary/aromatic N) is 2. The summed E-state index contributed by atoms with van der Waals surface area (Å²) < 4.78 is 28.5. The van der Waals surface area contributed by atoms with Crippen LogP contribution in [-0.4, -0.2) is 31.2 Å². The molecule has 0 N–H and O–H groups in total. The molecular formula is C22H26N2O3S. The molecule has 4 rings (SSSR count). The van der Waals surface area contributed by atoms with E-state index in [1.165, 1.54) is 0 Å². The van der Waals surface area contributed by atoms with E-state index in [1.54, 1.807) is 33.5 Å². The van der Waals surface area contributed by atoms with Crippen LogP contribution in [0.5, 0.6) is 0 Å². The van der Waals surface area contributed by atoms with E-state index in [0.29, 0.717) is 25.4 Å². The van der Waals surface area contributed by atoms with E-state index >= 15 is 0 Å². The van der Waals surface area contributed by atoms with Crippen LogP contribution in [0.1, 0.15) is 38.2 Å². The van der Waals surface area contributed by atoms with Gasteiger partial charge in [-0.25, -0.2) is 8.42 Å². The van der Waals surface area contributed by atoms with E-state index < -0.39 is 10.0 Å². The first kappa shape index (κ1) is 19.2. The van der Waals surface area contributed by atoms with Gasteiger partial charge >= 0.3 is 0 Å². The molecule has 0 unspecified atom stereocenters. The SMILES string of the molecule is C[C@H](C1CC1)N(Cc1ccccc1)S(=O)(=O)c1ccc(N2CCCC2=O)cc1. The topological polar surface area (TPSA) is 57.7 Å². The van der Waals surface area contributed by atoms with Crippen LogP contribution in [0.3, 0.4) is 0 Å². The predicted octanol–water partition coefficient (Wildman–Crippen LogP) is 3.80. The molecule has 0 aromatic heterocycles. The van der Waals surface area contributed by atoms with Crippen molar-refractivity contribution < 1.29 is 13.2 Å². The molecule has 1 saturated carbocycles. The van der Waals surface area contributed by atoms with E-state index in [2.05, 4.69) is 0 Å². The second kappa shape index (κ2) is 7.68. The van der Waals surface area contributed by atoms with Crippen LogP contribution < -0.4 is 4.90 Å². The number of hydrogen-bond acceptors (Lipinski definition) is 3. The molecule has 28 heavy (non-hydrogen) atoms. The summed E-state index contributed by atoms with van der Waals surface area (Å²) in [4.78, 5) is 13.9. The van der Waals surface area contributed by atoms with Crippen LogP contribution in [0, 0.1) is 5.92 Å². The first-order valence-electron chi connectivity index (χ1n) is 9.93. The van der Waals surface area contributed by atoms with E-state index in [0.717, 1.165) is 30.5 Å². The fourth-order valence-electron chi connectivity index (χ4n) is 3.88. The Bertz CT molecular complexity index is 938. The van der Waals surface area contributed by atoms with Crippen molar-refractivity contribution >= 4 is 21.6 Å². The number of benzene rings is 2. The maximum absolute atomic E-state index is 13.5. The number of carbonyl (C=O) groups is 1. The van der Waals surface area contributed by atoms with E-state index in [9.17, 15) is 13.2 Å². The number of rotatable bonds is 7. The Hall–Kier alpha value is -2.18. The highest BCUT2D eigenvalue weighted by molar-refractivity contribution is 7.89. The van der Waals surface area contributed by atoms with Gasteiger partial charge in [0, 0.05) is 31.2 Å². The van der Waals surface area contributed by atoms with Crippen molar-refractivity contribution in [3.8, 4) is 0 Å². The Balaban J connectivity index is 1.62. The second-order valence-corrected chi connectivity index (χ2v) is 9.65. The summed E-state index contributed by atoms with van der Waals surface area (Å²) >= 11 is 0. The van der Waals surface area contributed by atoms with E-state index in [4.69, 9.17) is 0 Å². The predicted molar refractivity (Wildman–Crippen MR) is 109 cm³/mol. The molecule has 6 heteroatoms. The van der Waals surface area contributed by atoms with Gasteiger partial charge in [-0.05, 0) is 61.9 Å². The van der Waals surface area contributed by atoms with Crippen LogP contribution in [-0.2, 0) is 21.4 Å². The fraction of sp³-hybridized carbons (Fsp3) is 0.409. The highest BCUT2D eigenvalue weighted by atomic mass is 32.2. The highest BCUT2D eigenvalue weighted by Crippen LogP contribution is 2.38. The van der Waals surface area contributed by atoms with Gasteiger partial charge in [0.25, 0.3) is 0 Å². The van der Waals surface area contributed by atoms with E-state index in [-0.39, 0.29) is 16.8 Å². The summed E-state index contributed by atoms with van der Waals surface area (Å²) in [5, 5.41) is 0. The lowest BCUT2D eigenvalue weighted by Gasteiger charge is -2.29. The molecule has 1 saturated heterocycles. The summed E-state index contributed by atoms with van der Waals surface area (Å²) in [6.45, 7) is 3.08. The zero-order valence-corrected chi connectivity index (χ0v) is 16.9. The molecule has 1 atom stereocenters. The lowest BCUT2D eigenvalue weighted by molar-refractivity contribution is -0.117. The number of hydrogen-bond donors (Lipinski definition) is 0. The van der Waals surface area contributed by atoms with Crippen LogP contribution in [0.2, 0.25) is 0 Å². The van der Waals surface area contributed by atoms with Crippen molar-refractivity contribution in [1.82, 2.24) is 4.31 Å². The largest absolute Gasteiger partial charge is 0.312 e. The minimum Gasteiger partial charge on any atom is -0.312 e. The molecule has 2 aromatic carbocycles. The fourth-order valence-corrected chi connectivity index (χ4v) is 5.56. The summed E-state index contributed by atoms with van der Waals surface area (Å²) in [7, 11) is -3.63. The Morgan fingerprint density at radius 2 is 1.75 bits per heavy atom. The maximum atomic E-state index is 13.5. The second-order valence-electron chi connectivity index (χ2n) is 7.76.